The Bertz CT molecular complexity index is 360. The predicted octanol–water partition coefficient (Wildman–Crippen LogP) is 2.27. The Morgan fingerprint density at radius 1 is 1.29 bits per heavy atom. The molecule has 0 saturated carbocycles. The van der Waals surface area contributed by atoms with Crippen LogP contribution in [-0.2, 0) is 0 Å². The number of nitrogens with one attached hydrogen (secondary N) is 1. The molecule has 0 unspecified atom stereocenters. The van der Waals surface area contributed by atoms with E-state index in [2.05, 4.69) is 29.1 Å². The van der Waals surface area contributed by atoms with Crippen LogP contribution in [0.15, 0.2) is 6.20 Å². The lowest BCUT2D eigenvalue weighted by atomic mass is 9.88. The van der Waals surface area contributed by atoms with Crippen molar-refractivity contribution in [1.82, 2.24) is 9.97 Å². The molecule has 0 radical (unpaired) electrons. The number of rotatable bonds is 6. The summed E-state index contributed by atoms with van der Waals surface area (Å²) < 4.78 is 0. The first-order valence-corrected chi connectivity index (χ1v) is 6.19. The summed E-state index contributed by atoms with van der Waals surface area (Å²) >= 11 is 0. The topological polar surface area (TPSA) is 63.8 Å². The van der Waals surface area contributed by atoms with Gasteiger partial charge in [0.2, 0.25) is 0 Å². The minimum Gasteiger partial charge on any atom is -0.368 e. The van der Waals surface area contributed by atoms with Gasteiger partial charge in [-0.3, -0.25) is 4.98 Å². The molecular formula is C13H24N4. The van der Waals surface area contributed by atoms with E-state index >= 15 is 0 Å². The van der Waals surface area contributed by atoms with Gasteiger partial charge in [0.25, 0.3) is 0 Å². The maximum Gasteiger partial charge on any atom is 0.144 e. The zero-order valence-corrected chi connectivity index (χ0v) is 11.4. The van der Waals surface area contributed by atoms with Crippen molar-refractivity contribution < 1.29 is 0 Å². The molecule has 4 nitrogen and oxygen atoms in total. The number of aryl methyl sites for hydroxylation is 2. The van der Waals surface area contributed by atoms with Gasteiger partial charge in [0, 0.05) is 6.54 Å². The lowest BCUT2D eigenvalue weighted by Gasteiger charge is -2.25. The maximum absolute atomic E-state index is 5.54. The molecule has 4 heteroatoms. The first-order chi connectivity index (χ1) is 7.94. The maximum atomic E-state index is 5.54. The zero-order valence-electron chi connectivity index (χ0n) is 11.4. The lowest BCUT2D eigenvalue weighted by Crippen LogP contribution is -2.24. The van der Waals surface area contributed by atoms with Gasteiger partial charge in [0.1, 0.15) is 5.82 Å². The molecule has 0 fully saturated rings. The van der Waals surface area contributed by atoms with E-state index in [1.807, 2.05) is 13.8 Å². The number of hydrogen-bond donors (Lipinski definition) is 2. The second-order valence-corrected chi connectivity index (χ2v) is 5.34. The molecule has 1 aromatic heterocycles. The Labute approximate surface area is 104 Å². The van der Waals surface area contributed by atoms with Gasteiger partial charge in [-0.2, -0.15) is 0 Å². The standard InChI is InChI=1S/C13H24N4/c1-10-11(2)17-12(8-15-10)16-9-13(3,4)6-5-7-14/h8H,5-7,9,14H2,1-4H3,(H,16,17). The summed E-state index contributed by atoms with van der Waals surface area (Å²) in [5, 5.41) is 3.35. The van der Waals surface area contributed by atoms with Crippen LogP contribution in [0, 0.1) is 19.3 Å². The molecule has 0 atom stereocenters. The van der Waals surface area contributed by atoms with Crippen LogP contribution in [-0.4, -0.2) is 23.1 Å². The van der Waals surface area contributed by atoms with Crippen LogP contribution in [0.4, 0.5) is 5.82 Å². The first-order valence-electron chi connectivity index (χ1n) is 6.19. The summed E-state index contributed by atoms with van der Waals surface area (Å²) in [6, 6.07) is 0. The van der Waals surface area contributed by atoms with Crippen LogP contribution >= 0.6 is 0 Å². The highest BCUT2D eigenvalue weighted by Crippen LogP contribution is 2.22. The number of anilines is 1. The highest BCUT2D eigenvalue weighted by atomic mass is 15.0. The fourth-order valence-corrected chi connectivity index (χ4v) is 1.63. The fourth-order valence-electron chi connectivity index (χ4n) is 1.63. The third-order valence-electron chi connectivity index (χ3n) is 3.00. The number of aromatic nitrogens is 2. The van der Waals surface area contributed by atoms with E-state index in [1.165, 1.54) is 0 Å². The summed E-state index contributed by atoms with van der Waals surface area (Å²) in [5.41, 5.74) is 7.74. The van der Waals surface area contributed by atoms with Crippen LogP contribution < -0.4 is 11.1 Å². The summed E-state index contributed by atoms with van der Waals surface area (Å²) in [6.07, 6.45) is 3.98. The average Bonchev–Trinajstić information content (AvgIpc) is 2.28. The molecule has 1 rings (SSSR count). The quantitative estimate of drug-likeness (QED) is 0.795. The SMILES string of the molecule is Cc1ncc(NCC(C)(C)CCCN)nc1C. The number of nitrogens with two attached hydrogens (primary N) is 1. The third kappa shape index (κ3) is 4.69. The van der Waals surface area contributed by atoms with Crippen LogP contribution in [0.1, 0.15) is 38.1 Å². The van der Waals surface area contributed by atoms with Crippen molar-refractivity contribution in [2.24, 2.45) is 11.1 Å². The highest BCUT2D eigenvalue weighted by Gasteiger charge is 2.17. The summed E-state index contributed by atoms with van der Waals surface area (Å²) in [6.45, 7) is 10.1. The van der Waals surface area contributed by atoms with E-state index in [9.17, 15) is 0 Å². The third-order valence-corrected chi connectivity index (χ3v) is 3.00. The van der Waals surface area contributed by atoms with Crippen molar-refractivity contribution in [3.63, 3.8) is 0 Å². The minimum absolute atomic E-state index is 0.236. The van der Waals surface area contributed by atoms with Crippen molar-refractivity contribution in [1.29, 1.82) is 0 Å². The van der Waals surface area contributed by atoms with Gasteiger partial charge in [-0.15, -0.1) is 0 Å². The second kappa shape index (κ2) is 5.96. The van der Waals surface area contributed by atoms with Crippen molar-refractivity contribution in [3.05, 3.63) is 17.6 Å². The van der Waals surface area contributed by atoms with Gasteiger partial charge in [-0.25, -0.2) is 4.98 Å². The Morgan fingerprint density at radius 3 is 2.59 bits per heavy atom. The molecule has 0 aromatic carbocycles. The molecule has 0 aliphatic rings. The number of hydrogen-bond acceptors (Lipinski definition) is 4. The lowest BCUT2D eigenvalue weighted by molar-refractivity contribution is 0.350. The van der Waals surface area contributed by atoms with E-state index in [1.54, 1.807) is 6.20 Å². The van der Waals surface area contributed by atoms with Crippen molar-refractivity contribution in [2.75, 3.05) is 18.4 Å². The van der Waals surface area contributed by atoms with Gasteiger partial charge in [-0.05, 0) is 38.6 Å². The van der Waals surface area contributed by atoms with Crippen LogP contribution in [0.25, 0.3) is 0 Å². The Morgan fingerprint density at radius 2 is 2.00 bits per heavy atom. The molecule has 0 saturated heterocycles. The largest absolute Gasteiger partial charge is 0.368 e. The van der Waals surface area contributed by atoms with Crippen molar-refractivity contribution in [2.45, 2.75) is 40.5 Å². The van der Waals surface area contributed by atoms with E-state index in [-0.39, 0.29) is 5.41 Å². The molecule has 0 aliphatic carbocycles. The van der Waals surface area contributed by atoms with Crippen LogP contribution in [0.5, 0.6) is 0 Å². The van der Waals surface area contributed by atoms with E-state index < -0.39 is 0 Å². The zero-order chi connectivity index (χ0) is 12.9. The van der Waals surface area contributed by atoms with E-state index in [0.717, 1.165) is 43.1 Å². The van der Waals surface area contributed by atoms with Crippen molar-refractivity contribution >= 4 is 5.82 Å². The minimum atomic E-state index is 0.236. The Balaban J connectivity index is 2.51. The van der Waals surface area contributed by atoms with Gasteiger partial charge in [0.15, 0.2) is 0 Å². The molecule has 0 spiro atoms. The Hall–Kier alpha value is -1.16. The van der Waals surface area contributed by atoms with Gasteiger partial charge >= 0.3 is 0 Å². The monoisotopic (exact) mass is 236 g/mol. The first kappa shape index (κ1) is 13.9. The fraction of sp³-hybridized carbons (Fsp3) is 0.692. The normalized spacial score (nSPS) is 11.6. The second-order valence-electron chi connectivity index (χ2n) is 5.34. The van der Waals surface area contributed by atoms with E-state index in [0.29, 0.717) is 0 Å². The Kier molecular flexibility index (Phi) is 4.87. The van der Waals surface area contributed by atoms with Gasteiger partial charge in [0.05, 0.1) is 17.6 Å². The predicted molar refractivity (Wildman–Crippen MR) is 72.1 cm³/mol. The average molecular weight is 236 g/mol. The molecule has 1 aromatic rings. The van der Waals surface area contributed by atoms with Gasteiger partial charge < -0.3 is 11.1 Å². The summed E-state index contributed by atoms with van der Waals surface area (Å²) in [4.78, 5) is 8.75. The smallest absolute Gasteiger partial charge is 0.144 e. The molecular weight excluding hydrogens is 212 g/mol. The van der Waals surface area contributed by atoms with Crippen LogP contribution in [0.2, 0.25) is 0 Å². The highest BCUT2D eigenvalue weighted by molar-refractivity contribution is 5.33. The molecule has 1 heterocycles. The summed E-state index contributed by atoms with van der Waals surface area (Å²) in [7, 11) is 0. The molecule has 0 amide bonds. The molecule has 0 bridgehead atoms. The molecule has 0 aliphatic heterocycles. The van der Waals surface area contributed by atoms with Crippen LogP contribution in [0.3, 0.4) is 0 Å². The summed E-state index contributed by atoms with van der Waals surface area (Å²) in [5.74, 6) is 0.855. The van der Waals surface area contributed by atoms with Gasteiger partial charge in [-0.1, -0.05) is 13.8 Å². The molecule has 17 heavy (non-hydrogen) atoms. The number of nitrogens with zero attached hydrogens (tertiary/aromatic N) is 2. The molecule has 3 N–H and O–H groups in total. The van der Waals surface area contributed by atoms with Crippen molar-refractivity contribution in [3.8, 4) is 0 Å². The van der Waals surface area contributed by atoms with E-state index in [4.69, 9.17) is 5.73 Å². The molecule has 96 valence electrons.